The maximum atomic E-state index is 13.9. The van der Waals surface area contributed by atoms with Gasteiger partial charge in [0.15, 0.2) is 11.5 Å². The lowest BCUT2D eigenvalue weighted by molar-refractivity contribution is 0.0746. The lowest BCUT2D eigenvalue weighted by Gasteiger charge is -2.36. The number of amides is 1. The van der Waals surface area contributed by atoms with E-state index in [-0.39, 0.29) is 18.4 Å². The van der Waals surface area contributed by atoms with Crippen LogP contribution in [0.1, 0.15) is 10.4 Å². The highest BCUT2D eigenvalue weighted by molar-refractivity contribution is 5.95. The normalized spacial score (nSPS) is 16.2. The second-order valence-corrected chi connectivity index (χ2v) is 5.92. The van der Waals surface area contributed by atoms with Gasteiger partial charge in [-0.3, -0.25) is 4.79 Å². The number of anilines is 1. The molecule has 2 heterocycles. The van der Waals surface area contributed by atoms with Gasteiger partial charge < -0.3 is 19.3 Å². The van der Waals surface area contributed by atoms with Gasteiger partial charge in [0, 0.05) is 31.7 Å². The van der Waals surface area contributed by atoms with Crippen molar-refractivity contribution in [2.75, 3.05) is 37.9 Å². The van der Waals surface area contributed by atoms with Crippen molar-refractivity contribution in [3.63, 3.8) is 0 Å². The van der Waals surface area contributed by atoms with Gasteiger partial charge in [-0.15, -0.1) is 0 Å². The van der Waals surface area contributed by atoms with E-state index in [0.717, 1.165) is 0 Å². The molecule has 1 amide bonds. The number of halogens is 2. The molecule has 0 saturated carbocycles. The summed E-state index contributed by atoms with van der Waals surface area (Å²) < 4.78 is 38.3. The molecule has 2 aromatic carbocycles. The fourth-order valence-corrected chi connectivity index (χ4v) is 3.14. The van der Waals surface area contributed by atoms with Crippen molar-refractivity contribution in [3.8, 4) is 11.5 Å². The van der Waals surface area contributed by atoms with Crippen molar-refractivity contribution < 1.29 is 23.0 Å². The number of benzene rings is 2. The monoisotopic (exact) mass is 346 g/mol. The van der Waals surface area contributed by atoms with Gasteiger partial charge in [0.2, 0.25) is 6.79 Å². The minimum atomic E-state index is -0.587. The fourth-order valence-electron chi connectivity index (χ4n) is 3.14. The molecule has 0 N–H and O–H groups in total. The fraction of sp³-hybridized carbons (Fsp3) is 0.278. The van der Waals surface area contributed by atoms with Gasteiger partial charge in [-0.05, 0) is 30.3 Å². The first-order valence-electron chi connectivity index (χ1n) is 8.01. The van der Waals surface area contributed by atoms with Crippen LogP contribution in [0.2, 0.25) is 0 Å². The Morgan fingerprint density at radius 2 is 1.60 bits per heavy atom. The summed E-state index contributed by atoms with van der Waals surface area (Å²) in [6, 6.07) is 8.88. The number of carbonyl (C=O) groups excluding carboxylic acids is 1. The van der Waals surface area contributed by atoms with Crippen molar-refractivity contribution >= 4 is 11.6 Å². The molecule has 0 atom stereocenters. The molecule has 0 unspecified atom stereocenters. The quantitative estimate of drug-likeness (QED) is 0.838. The average Bonchev–Trinajstić information content (AvgIpc) is 3.09. The van der Waals surface area contributed by atoms with Crippen LogP contribution in [-0.4, -0.2) is 43.8 Å². The van der Waals surface area contributed by atoms with Crippen LogP contribution in [0.4, 0.5) is 14.5 Å². The summed E-state index contributed by atoms with van der Waals surface area (Å²) in [5.41, 5.74) is 0.479. The lowest BCUT2D eigenvalue weighted by atomic mass is 10.1. The number of ether oxygens (including phenoxy) is 2. The molecule has 0 aromatic heterocycles. The van der Waals surface area contributed by atoms with Gasteiger partial charge in [0.1, 0.15) is 17.3 Å². The minimum Gasteiger partial charge on any atom is -0.454 e. The second-order valence-electron chi connectivity index (χ2n) is 5.92. The molecule has 25 heavy (non-hydrogen) atoms. The number of para-hydroxylation sites is 1. The van der Waals surface area contributed by atoms with E-state index in [1.165, 1.54) is 18.2 Å². The Balaban J connectivity index is 1.46. The smallest absolute Gasteiger partial charge is 0.254 e. The predicted molar refractivity (Wildman–Crippen MR) is 87.0 cm³/mol. The zero-order valence-corrected chi connectivity index (χ0v) is 13.4. The lowest BCUT2D eigenvalue weighted by Crippen LogP contribution is -2.49. The molecule has 2 aliphatic heterocycles. The Morgan fingerprint density at radius 1 is 0.920 bits per heavy atom. The molecule has 2 aliphatic rings. The second kappa shape index (κ2) is 6.23. The third-order valence-corrected chi connectivity index (χ3v) is 4.44. The van der Waals surface area contributed by atoms with Crippen molar-refractivity contribution in [2.45, 2.75) is 0 Å². The molecule has 5 nitrogen and oxygen atoms in total. The standard InChI is InChI=1S/C18H16F2N2O3/c19-13-2-1-3-14(20)17(13)21-6-8-22(9-7-21)18(23)12-4-5-15-16(10-12)25-11-24-15/h1-5,10H,6-9,11H2. The molecule has 0 aliphatic carbocycles. The molecular weight excluding hydrogens is 330 g/mol. The van der Waals surface area contributed by atoms with E-state index >= 15 is 0 Å². The van der Waals surface area contributed by atoms with Crippen LogP contribution in [0.25, 0.3) is 0 Å². The van der Waals surface area contributed by atoms with E-state index in [1.807, 2.05) is 0 Å². The number of carbonyl (C=O) groups is 1. The van der Waals surface area contributed by atoms with Gasteiger partial charge in [0.25, 0.3) is 5.91 Å². The summed E-state index contributed by atoms with van der Waals surface area (Å²) in [5.74, 6) is -0.132. The van der Waals surface area contributed by atoms with Crippen LogP contribution >= 0.6 is 0 Å². The van der Waals surface area contributed by atoms with Crippen molar-refractivity contribution in [3.05, 3.63) is 53.6 Å². The van der Waals surface area contributed by atoms with Crippen LogP contribution in [0, 0.1) is 11.6 Å². The molecule has 0 bridgehead atoms. The summed E-state index contributed by atoms with van der Waals surface area (Å²) >= 11 is 0. The van der Waals surface area contributed by atoms with Crippen LogP contribution < -0.4 is 14.4 Å². The number of rotatable bonds is 2. The Bertz CT molecular complexity index is 800. The minimum absolute atomic E-state index is 0.0299. The van der Waals surface area contributed by atoms with Gasteiger partial charge >= 0.3 is 0 Å². The van der Waals surface area contributed by atoms with Crippen LogP contribution in [0.15, 0.2) is 36.4 Å². The number of fused-ring (bicyclic) bond motifs is 1. The number of piperazine rings is 1. The topological polar surface area (TPSA) is 42.0 Å². The summed E-state index contributed by atoms with van der Waals surface area (Å²) in [4.78, 5) is 15.9. The van der Waals surface area contributed by atoms with Gasteiger partial charge in [-0.1, -0.05) is 6.07 Å². The Morgan fingerprint density at radius 3 is 2.32 bits per heavy atom. The first-order chi connectivity index (χ1) is 12.1. The first-order valence-corrected chi connectivity index (χ1v) is 8.01. The van der Waals surface area contributed by atoms with Crippen molar-refractivity contribution in [1.29, 1.82) is 0 Å². The van der Waals surface area contributed by atoms with Crippen LogP contribution in [0.3, 0.4) is 0 Å². The molecule has 1 fully saturated rings. The Labute approximate surface area is 143 Å². The zero-order valence-electron chi connectivity index (χ0n) is 13.4. The maximum absolute atomic E-state index is 13.9. The third kappa shape index (κ3) is 2.86. The van der Waals surface area contributed by atoms with E-state index in [9.17, 15) is 13.6 Å². The molecule has 2 aromatic rings. The highest BCUT2D eigenvalue weighted by atomic mass is 19.1. The van der Waals surface area contributed by atoms with E-state index < -0.39 is 11.6 Å². The van der Waals surface area contributed by atoms with Crippen molar-refractivity contribution in [2.24, 2.45) is 0 Å². The van der Waals surface area contributed by atoms with Crippen LogP contribution in [0.5, 0.6) is 11.5 Å². The van der Waals surface area contributed by atoms with Crippen LogP contribution in [-0.2, 0) is 0 Å². The maximum Gasteiger partial charge on any atom is 0.254 e. The third-order valence-electron chi connectivity index (χ3n) is 4.44. The molecule has 0 spiro atoms. The Kier molecular flexibility index (Phi) is 3.91. The Hall–Kier alpha value is -2.83. The summed E-state index contributed by atoms with van der Waals surface area (Å²) in [6.07, 6.45) is 0. The van der Waals surface area contributed by atoms with E-state index in [1.54, 1.807) is 28.0 Å². The van der Waals surface area contributed by atoms with E-state index in [0.29, 0.717) is 43.2 Å². The van der Waals surface area contributed by atoms with E-state index in [4.69, 9.17) is 9.47 Å². The summed E-state index contributed by atoms with van der Waals surface area (Å²) in [5, 5.41) is 0. The van der Waals surface area contributed by atoms with Gasteiger partial charge in [0.05, 0.1) is 0 Å². The molecule has 1 saturated heterocycles. The zero-order chi connectivity index (χ0) is 17.4. The highest BCUT2D eigenvalue weighted by Gasteiger charge is 2.26. The molecule has 4 rings (SSSR count). The predicted octanol–water partition coefficient (Wildman–Crippen LogP) is 2.66. The SMILES string of the molecule is O=C(c1ccc2c(c1)OCO2)N1CCN(c2c(F)cccc2F)CC1. The highest BCUT2D eigenvalue weighted by Crippen LogP contribution is 2.33. The largest absolute Gasteiger partial charge is 0.454 e. The van der Waals surface area contributed by atoms with E-state index in [2.05, 4.69) is 0 Å². The molecular formula is C18H16F2N2O3. The molecule has 7 heteroatoms. The number of hydrogen-bond acceptors (Lipinski definition) is 4. The number of nitrogens with zero attached hydrogens (tertiary/aromatic N) is 2. The molecule has 0 radical (unpaired) electrons. The summed E-state index contributed by atoms with van der Waals surface area (Å²) in [6.45, 7) is 1.67. The van der Waals surface area contributed by atoms with Crippen molar-refractivity contribution in [1.82, 2.24) is 4.90 Å². The number of hydrogen-bond donors (Lipinski definition) is 0. The van der Waals surface area contributed by atoms with Gasteiger partial charge in [-0.25, -0.2) is 8.78 Å². The summed E-state index contributed by atoms with van der Waals surface area (Å²) in [7, 11) is 0. The molecule has 130 valence electrons. The first kappa shape index (κ1) is 15.7. The van der Waals surface area contributed by atoms with Gasteiger partial charge in [-0.2, -0.15) is 0 Å². The average molecular weight is 346 g/mol.